The number of anilines is 1. The standard InChI is InChI=1S/C24H21N5O20S6.Cu/c25-21-20-11(7-18(53(40,41)42)22(21)28-27-15-10-13(51(34,35)36)2-4-17(15)52(37,38)39)8-19(54(43,44)45)23(24(20)31)29-26-14-9-12(1-3-16(14)30)50(32,33)6-5-49-55(46,47)48;/h1-4,7-10,30-31H,5-6,25H2,(H,34,35,36)(H,37,38,39)(H,40,41,42)(H,43,44,45)(H,46,47,48);/p+5. The third-order valence-electron chi connectivity index (χ3n) is 6.78. The number of hydrogen-bond acceptors (Lipinski definition) is 20. The second-order valence-electron chi connectivity index (χ2n) is 10.5. The summed E-state index contributed by atoms with van der Waals surface area (Å²) in [5, 5.41) is 33.8. The van der Waals surface area contributed by atoms with Crippen molar-refractivity contribution in [3.8, 4) is 11.5 Å². The maximum Gasteiger partial charge on any atom is 1.00 e. The molecule has 1 radical (unpaired) electrons. The number of azo groups is 2. The van der Waals surface area contributed by atoms with Crippen LogP contribution in [0, 0.1) is 0 Å². The van der Waals surface area contributed by atoms with Crippen molar-refractivity contribution >= 4 is 99.9 Å². The van der Waals surface area contributed by atoms with E-state index in [4.69, 9.17) is 10.3 Å². The molecular weight excluding hydrogens is 934 g/mol. The van der Waals surface area contributed by atoms with Gasteiger partial charge in [-0.3, -0.25) is 22.8 Å². The summed E-state index contributed by atoms with van der Waals surface area (Å²) in [5.41, 5.74) is 0.840. The van der Waals surface area contributed by atoms with Gasteiger partial charge in [-0.1, -0.05) is 0 Å². The van der Waals surface area contributed by atoms with Gasteiger partial charge >= 0.3 is 17.5 Å². The van der Waals surface area contributed by atoms with Crippen LogP contribution in [-0.4, -0.2) is 95.8 Å². The Hall–Kier alpha value is -4.28. The summed E-state index contributed by atoms with van der Waals surface area (Å²) in [4.78, 5) is -5.46. The molecule has 0 saturated carbocycles. The first kappa shape index (κ1) is 46.1. The summed E-state index contributed by atoms with van der Waals surface area (Å²) in [6.45, 7) is -1.05. The van der Waals surface area contributed by atoms with Crippen molar-refractivity contribution in [3.05, 3.63) is 48.5 Å². The van der Waals surface area contributed by atoms with E-state index in [1.54, 1.807) is 0 Å². The molecule has 0 fully saturated rings. The maximum absolute atomic E-state index is 12.6. The Kier molecular flexibility index (Phi) is 13.1. The molecule has 0 aromatic heterocycles. The Morgan fingerprint density at radius 1 is 0.589 bits per heavy atom. The molecule has 32 heteroatoms. The number of sulfone groups is 1. The topological polar surface area (TPSA) is 431 Å². The Labute approximate surface area is 333 Å². The van der Waals surface area contributed by atoms with Crippen molar-refractivity contribution in [1.29, 1.82) is 0 Å². The fourth-order valence-electron chi connectivity index (χ4n) is 4.41. The first-order valence-electron chi connectivity index (χ1n) is 13.6. The monoisotopic (exact) mass is 959 g/mol. The molecule has 0 aliphatic carbocycles. The second-order valence-corrected chi connectivity index (χ2v) is 19.2. The summed E-state index contributed by atoms with van der Waals surface area (Å²) in [6.07, 6.45) is 0. The molecule has 0 saturated heterocycles. The van der Waals surface area contributed by atoms with Crippen LogP contribution in [0.4, 0.5) is 28.4 Å². The van der Waals surface area contributed by atoms with E-state index in [1.807, 2.05) is 0 Å². The minimum absolute atomic E-state index is 0. The first-order valence-corrected chi connectivity index (χ1v) is 22.4. The number of rotatable bonds is 13. The molecule has 0 bridgehead atoms. The molecule has 0 aliphatic rings. The zero-order valence-corrected chi connectivity index (χ0v) is 32.4. The van der Waals surface area contributed by atoms with Crippen LogP contribution in [-0.2, 0) is 82.0 Å². The van der Waals surface area contributed by atoms with Gasteiger partial charge in [0.1, 0.15) is 43.2 Å². The van der Waals surface area contributed by atoms with E-state index in [1.165, 1.54) is 0 Å². The van der Waals surface area contributed by atoms with E-state index in [0.29, 0.717) is 36.4 Å². The van der Waals surface area contributed by atoms with Gasteiger partial charge in [0.2, 0.25) is 0 Å². The number of fused-ring (bicyclic) bond motifs is 1. The third kappa shape index (κ3) is 10.6. The number of aromatic hydroxyl groups is 2. The van der Waals surface area contributed by atoms with Gasteiger partial charge in [-0.25, -0.2) is 12.6 Å². The van der Waals surface area contributed by atoms with Crippen molar-refractivity contribution in [1.82, 2.24) is 0 Å². The quantitative estimate of drug-likeness (QED) is 0.0413. The van der Waals surface area contributed by atoms with E-state index in [9.17, 15) is 78.9 Å². The fraction of sp³-hybridized carbons (Fsp3) is 0.0833. The predicted molar refractivity (Wildman–Crippen MR) is 187 cm³/mol. The zero-order valence-electron chi connectivity index (χ0n) is 31.6. The van der Waals surface area contributed by atoms with Crippen molar-refractivity contribution in [2.45, 2.75) is 24.5 Å². The van der Waals surface area contributed by atoms with Gasteiger partial charge in [0.15, 0.2) is 15.6 Å². The summed E-state index contributed by atoms with van der Waals surface area (Å²) < 4.78 is 195. The van der Waals surface area contributed by atoms with Gasteiger partial charge in [-0.15, -0.1) is 20.5 Å². The van der Waals surface area contributed by atoms with Crippen molar-refractivity contribution in [3.63, 3.8) is 0 Å². The first-order chi connectivity index (χ1) is 24.9. The predicted octanol–water partition coefficient (Wildman–Crippen LogP) is 2.80. The van der Waals surface area contributed by atoms with Crippen LogP contribution >= 0.6 is 0 Å². The summed E-state index contributed by atoms with van der Waals surface area (Å²) in [7, 11) is -30.7. The van der Waals surface area contributed by atoms with Crippen LogP contribution in [0.25, 0.3) is 10.8 Å². The number of benzene rings is 4. The minimum atomic E-state index is -5.47. The van der Waals surface area contributed by atoms with E-state index < -0.39 is 148 Å². The number of hydrogen-bond donors (Lipinski definition) is 8. The smallest absolute Gasteiger partial charge is 0.506 e. The molecule has 4 rings (SSSR count). The molecule has 25 nitrogen and oxygen atoms in total. The molecule has 0 amide bonds. The summed E-state index contributed by atoms with van der Waals surface area (Å²) >= 11 is 0. The van der Waals surface area contributed by atoms with Crippen LogP contribution < -0.4 is 5.73 Å². The number of nitrogen functional groups attached to an aromatic ring is 1. The van der Waals surface area contributed by atoms with E-state index in [0.717, 1.165) is 12.1 Å². The number of nitrogens with zero attached hydrogens (tertiary/aromatic N) is 4. The Morgan fingerprint density at radius 3 is 1.59 bits per heavy atom. The van der Waals surface area contributed by atoms with Gasteiger partial charge in [0.25, 0.3) is 40.5 Å². The fourth-order valence-corrected chi connectivity index (χ4v) is 8.35. The normalized spacial score (nSPS) is 13.4. The number of phenolic OH excluding ortho intramolecular Hbond substituents is 2. The van der Waals surface area contributed by atoms with Gasteiger partial charge < -0.3 is 15.9 Å². The van der Waals surface area contributed by atoms with Crippen LogP contribution in [0.1, 0.15) is 7.13 Å². The average molecular weight is 960 g/mol. The molecule has 4 aromatic carbocycles. The molecule has 9 N–H and O–H groups in total. The Bertz CT molecular complexity index is 3050. The molecule has 0 atom stereocenters. The van der Waals surface area contributed by atoms with Gasteiger partial charge in [0.05, 0.1) is 33.2 Å². The van der Waals surface area contributed by atoms with Gasteiger partial charge in [-0.05, 0) is 53.9 Å². The SMILES string of the molecule is Nc1c(N=Nc2cc(S(=O)(=O)O)ccc2S(=O)(=O)O)c(S(=O)(=O)O)cc2cc(S(=O)(=O)O)c(N=Nc3cc(S(=O)(=O)CCOS(=O)(=O)O)ccc3O)c(O)c12.[Cu].[H+].[H+].[H+].[H+].[H+]. The average Bonchev–Trinajstić information content (AvgIpc) is 3.01. The molecule has 309 valence electrons. The summed E-state index contributed by atoms with van der Waals surface area (Å²) in [6, 6.07) is 4.43. The van der Waals surface area contributed by atoms with E-state index in [-0.39, 0.29) is 24.2 Å². The van der Waals surface area contributed by atoms with Crippen LogP contribution in [0.2, 0.25) is 0 Å². The minimum Gasteiger partial charge on any atom is -0.506 e. The van der Waals surface area contributed by atoms with Crippen molar-refractivity contribution < 1.29 is 112 Å². The van der Waals surface area contributed by atoms with E-state index >= 15 is 0 Å². The Balaban J connectivity index is -0.00000561. The van der Waals surface area contributed by atoms with Gasteiger partial charge in [0, 0.05) is 17.1 Å². The van der Waals surface area contributed by atoms with Gasteiger partial charge in [-0.2, -0.15) is 42.1 Å². The molecule has 4 aromatic rings. The molecular formula is C24H26CuN5O20S6+5. The van der Waals surface area contributed by atoms with Crippen LogP contribution in [0.3, 0.4) is 0 Å². The molecule has 0 unspecified atom stereocenters. The molecule has 56 heavy (non-hydrogen) atoms. The molecule has 0 aliphatic heterocycles. The zero-order chi connectivity index (χ0) is 41.7. The number of phenols is 2. The molecule has 0 heterocycles. The third-order valence-corrected chi connectivity index (χ3v) is 12.4. The van der Waals surface area contributed by atoms with Crippen LogP contribution in [0.15, 0.2) is 93.5 Å². The van der Waals surface area contributed by atoms with E-state index in [2.05, 4.69) is 24.6 Å². The van der Waals surface area contributed by atoms with Crippen molar-refractivity contribution in [2.75, 3.05) is 18.1 Å². The number of nitrogens with two attached hydrogens (primary N) is 1. The second kappa shape index (κ2) is 15.9. The summed E-state index contributed by atoms with van der Waals surface area (Å²) in [5.74, 6) is -3.23. The molecule has 0 spiro atoms. The maximum atomic E-state index is 12.6. The Morgan fingerprint density at radius 2 is 1.07 bits per heavy atom. The van der Waals surface area contributed by atoms with Crippen molar-refractivity contribution in [2.24, 2.45) is 20.5 Å². The van der Waals surface area contributed by atoms with Crippen LogP contribution in [0.5, 0.6) is 11.5 Å². The largest absolute Gasteiger partial charge is 1.00 e.